The summed E-state index contributed by atoms with van der Waals surface area (Å²) in [6, 6.07) is 0. The Balaban J connectivity index is 1.82. The molecule has 0 bridgehead atoms. The third-order valence-electron chi connectivity index (χ3n) is 4.89. The number of likely N-dealkylation sites (tertiary alicyclic amines) is 1. The minimum Gasteiger partial charge on any atom is -0.396 e. The van der Waals surface area contributed by atoms with Crippen LogP contribution in [0.25, 0.3) is 0 Å². The van der Waals surface area contributed by atoms with E-state index in [9.17, 15) is 4.79 Å². The maximum Gasteiger partial charge on any atom is 0.225 e. The summed E-state index contributed by atoms with van der Waals surface area (Å²) in [4.78, 5) is 14.6. The van der Waals surface area contributed by atoms with Crippen molar-refractivity contribution in [3.63, 3.8) is 0 Å². The predicted octanol–water partition coefficient (Wildman–Crippen LogP) is 1.37. The fourth-order valence-corrected chi connectivity index (χ4v) is 3.61. The second kappa shape index (κ2) is 7.25. The zero-order valence-electron chi connectivity index (χ0n) is 11.9. The van der Waals surface area contributed by atoms with E-state index in [1.54, 1.807) is 0 Å². The van der Waals surface area contributed by atoms with Gasteiger partial charge in [0.15, 0.2) is 0 Å². The molecule has 1 aliphatic carbocycles. The van der Waals surface area contributed by atoms with Crippen LogP contribution in [0.2, 0.25) is 0 Å². The van der Waals surface area contributed by atoms with E-state index in [1.165, 1.54) is 12.8 Å². The molecule has 2 aliphatic rings. The molecule has 0 aromatic carbocycles. The Hall–Kier alpha value is -0.610. The molecule has 1 saturated carbocycles. The first kappa shape index (κ1) is 14.8. The predicted molar refractivity (Wildman–Crippen MR) is 75.5 cm³/mol. The molecule has 2 rings (SSSR count). The fraction of sp³-hybridized carbons (Fsp3) is 0.933. The summed E-state index contributed by atoms with van der Waals surface area (Å²) < 4.78 is 0. The number of hydrogen-bond donors (Lipinski definition) is 2. The van der Waals surface area contributed by atoms with Crippen molar-refractivity contribution in [1.82, 2.24) is 4.90 Å². The SMILES string of the molecule is NCCC1CCCC(C(=O)N2CCC(CO)CC2)C1. The van der Waals surface area contributed by atoms with Crippen molar-refractivity contribution in [1.29, 1.82) is 0 Å². The first-order valence-corrected chi connectivity index (χ1v) is 7.84. The highest BCUT2D eigenvalue weighted by Gasteiger charge is 2.31. The Labute approximate surface area is 116 Å². The molecule has 0 aromatic rings. The zero-order chi connectivity index (χ0) is 13.7. The molecule has 4 nitrogen and oxygen atoms in total. The maximum absolute atomic E-state index is 12.5. The van der Waals surface area contributed by atoms with Crippen LogP contribution < -0.4 is 5.73 Å². The lowest BCUT2D eigenvalue weighted by Crippen LogP contribution is -2.43. The molecule has 2 unspecified atom stereocenters. The Kier molecular flexibility index (Phi) is 5.64. The fourth-order valence-electron chi connectivity index (χ4n) is 3.61. The summed E-state index contributed by atoms with van der Waals surface area (Å²) >= 11 is 0. The lowest BCUT2D eigenvalue weighted by Gasteiger charge is -2.36. The smallest absolute Gasteiger partial charge is 0.225 e. The van der Waals surface area contributed by atoms with E-state index < -0.39 is 0 Å². The molecule has 110 valence electrons. The number of hydrogen-bond acceptors (Lipinski definition) is 3. The Morgan fingerprint density at radius 3 is 2.53 bits per heavy atom. The van der Waals surface area contributed by atoms with Gasteiger partial charge >= 0.3 is 0 Å². The molecule has 1 aliphatic heterocycles. The van der Waals surface area contributed by atoms with Gasteiger partial charge in [-0.1, -0.05) is 12.8 Å². The van der Waals surface area contributed by atoms with Crippen molar-refractivity contribution >= 4 is 5.91 Å². The largest absolute Gasteiger partial charge is 0.396 e. The normalized spacial score (nSPS) is 29.5. The molecule has 2 atom stereocenters. The van der Waals surface area contributed by atoms with Gasteiger partial charge in [0.1, 0.15) is 0 Å². The molecule has 4 heteroatoms. The molecule has 1 heterocycles. The molecule has 2 fully saturated rings. The summed E-state index contributed by atoms with van der Waals surface area (Å²) in [6.07, 6.45) is 7.50. The van der Waals surface area contributed by atoms with Crippen LogP contribution in [0.4, 0.5) is 0 Å². The average Bonchev–Trinajstić information content (AvgIpc) is 2.47. The van der Waals surface area contributed by atoms with Crippen LogP contribution in [0.3, 0.4) is 0 Å². The van der Waals surface area contributed by atoms with Crippen molar-refractivity contribution in [2.24, 2.45) is 23.5 Å². The molecular formula is C15H28N2O2. The topological polar surface area (TPSA) is 66.6 Å². The van der Waals surface area contributed by atoms with Crippen LogP contribution >= 0.6 is 0 Å². The quantitative estimate of drug-likeness (QED) is 0.809. The second-order valence-electron chi connectivity index (χ2n) is 6.26. The number of nitrogens with zero attached hydrogens (tertiary/aromatic N) is 1. The molecule has 0 spiro atoms. The van der Waals surface area contributed by atoms with Crippen LogP contribution in [0, 0.1) is 17.8 Å². The van der Waals surface area contributed by atoms with Gasteiger partial charge in [-0.2, -0.15) is 0 Å². The Morgan fingerprint density at radius 1 is 1.16 bits per heavy atom. The van der Waals surface area contributed by atoms with E-state index in [4.69, 9.17) is 10.8 Å². The van der Waals surface area contributed by atoms with Crippen molar-refractivity contribution < 1.29 is 9.90 Å². The van der Waals surface area contributed by atoms with E-state index in [0.717, 1.165) is 51.7 Å². The summed E-state index contributed by atoms with van der Waals surface area (Å²) in [5.74, 6) is 1.65. The van der Waals surface area contributed by atoms with Crippen molar-refractivity contribution in [2.75, 3.05) is 26.2 Å². The second-order valence-corrected chi connectivity index (χ2v) is 6.26. The number of aliphatic hydroxyl groups is 1. The first-order valence-electron chi connectivity index (χ1n) is 7.84. The lowest BCUT2D eigenvalue weighted by molar-refractivity contribution is -0.138. The highest BCUT2D eigenvalue weighted by atomic mass is 16.3. The standard InChI is InChI=1S/C15H28N2O2/c16-7-4-12-2-1-3-14(10-12)15(19)17-8-5-13(11-18)6-9-17/h12-14,18H,1-11,16H2. The molecule has 19 heavy (non-hydrogen) atoms. The Bertz CT molecular complexity index is 286. The summed E-state index contributed by atoms with van der Waals surface area (Å²) in [5, 5.41) is 9.14. The monoisotopic (exact) mass is 268 g/mol. The van der Waals surface area contributed by atoms with Crippen LogP contribution in [-0.4, -0.2) is 42.2 Å². The van der Waals surface area contributed by atoms with Gasteiger partial charge in [0, 0.05) is 25.6 Å². The molecule has 1 amide bonds. The zero-order valence-corrected chi connectivity index (χ0v) is 11.9. The first-order chi connectivity index (χ1) is 9.24. The van der Waals surface area contributed by atoms with Gasteiger partial charge in [0.2, 0.25) is 5.91 Å². The highest BCUT2D eigenvalue weighted by molar-refractivity contribution is 5.79. The van der Waals surface area contributed by atoms with Gasteiger partial charge in [-0.05, 0) is 50.5 Å². The van der Waals surface area contributed by atoms with Gasteiger partial charge < -0.3 is 15.7 Å². The van der Waals surface area contributed by atoms with Gasteiger partial charge in [0.25, 0.3) is 0 Å². The third-order valence-corrected chi connectivity index (χ3v) is 4.89. The highest BCUT2D eigenvalue weighted by Crippen LogP contribution is 2.32. The number of aliphatic hydroxyl groups excluding tert-OH is 1. The molecule has 0 radical (unpaired) electrons. The number of carbonyl (C=O) groups is 1. The van der Waals surface area contributed by atoms with Gasteiger partial charge in [-0.15, -0.1) is 0 Å². The van der Waals surface area contributed by atoms with E-state index >= 15 is 0 Å². The van der Waals surface area contributed by atoms with Crippen LogP contribution in [0.5, 0.6) is 0 Å². The molecule has 3 N–H and O–H groups in total. The molecular weight excluding hydrogens is 240 g/mol. The Morgan fingerprint density at radius 2 is 1.89 bits per heavy atom. The number of rotatable bonds is 4. The van der Waals surface area contributed by atoms with Crippen molar-refractivity contribution in [3.05, 3.63) is 0 Å². The van der Waals surface area contributed by atoms with E-state index in [0.29, 0.717) is 17.7 Å². The number of nitrogens with two attached hydrogens (primary N) is 1. The molecule has 1 saturated heterocycles. The van der Waals surface area contributed by atoms with E-state index in [2.05, 4.69) is 0 Å². The van der Waals surface area contributed by atoms with Crippen LogP contribution in [-0.2, 0) is 4.79 Å². The number of amides is 1. The van der Waals surface area contributed by atoms with Crippen molar-refractivity contribution in [3.8, 4) is 0 Å². The summed E-state index contributed by atoms with van der Waals surface area (Å²) in [7, 11) is 0. The summed E-state index contributed by atoms with van der Waals surface area (Å²) in [5.41, 5.74) is 5.64. The van der Waals surface area contributed by atoms with Crippen LogP contribution in [0.1, 0.15) is 44.9 Å². The average molecular weight is 268 g/mol. The van der Waals surface area contributed by atoms with Gasteiger partial charge in [-0.25, -0.2) is 0 Å². The van der Waals surface area contributed by atoms with E-state index in [1.807, 2.05) is 4.90 Å². The number of carbonyl (C=O) groups excluding carboxylic acids is 1. The summed E-state index contributed by atoms with van der Waals surface area (Å²) in [6.45, 7) is 2.68. The lowest BCUT2D eigenvalue weighted by atomic mass is 9.79. The number of piperidine rings is 1. The minimum absolute atomic E-state index is 0.232. The van der Waals surface area contributed by atoms with Gasteiger partial charge in [0.05, 0.1) is 0 Å². The maximum atomic E-state index is 12.5. The van der Waals surface area contributed by atoms with Gasteiger partial charge in [-0.3, -0.25) is 4.79 Å². The van der Waals surface area contributed by atoms with E-state index in [-0.39, 0.29) is 12.5 Å². The van der Waals surface area contributed by atoms with Crippen LogP contribution in [0.15, 0.2) is 0 Å². The van der Waals surface area contributed by atoms with Crippen molar-refractivity contribution in [2.45, 2.75) is 44.9 Å². The molecule has 0 aromatic heterocycles. The minimum atomic E-state index is 0.232. The third kappa shape index (κ3) is 3.93.